The normalized spacial score (nSPS) is 11.5. The molecular weight excluding hydrogens is 282 g/mol. The van der Waals surface area contributed by atoms with Gasteiger partial charge in [0.15, 0.2) is 0 Å². The average molecular weight is 299 g/mol. The molecule has 22 heavy (non-hydrogen) atoms. The molecule has 6 nitrogen and oxygen atoms in total. The van der Waals surface area contributed by atoms with Gasteiger partial charge in [0, 0.05) is 6.20 Å². The summed E-state index contributed by atoms with van der Waals surface area (Å²) >= 11 is 0. The van der Waals surface area contributed by atoms with Crippen LogP contribution in [0.2, 0.25) is 0 Å². The highest BCUT2D eigenvalue weighted by Crippen LogP contribution is 2.17. The molecule has 0 fully saturated rings. The third-order valence-corrected chi connectivity index (χ3v) is 3.24. The summed E-state index contributed by atoms with van der Waals surface area (Å²) in [6.45, 7) is 1.88. The molecule has 0 bridgehead atoms. The first-order chi connectivity index (χ1) is 10.5. The molecule has 0 saturated carbocycles. The maximum Gasteiger partial charge on any atom is 0.267 e. The second-order valence-corrected chi connectivity index (χ2v) is 4.76. The Balaban J connectivity index is 2.05. The molecular formula is C16H17N3O3. The summed E-state index contributed by atoms with van der Waals surface area (Å²) in [7, 11) is 1.60. The molecule has 1 atom stereocenters. The second kappa shape index (κ2) is 6.71. The van der Waals surface area contributed by atoms with E-state index in [4.69, 9.17) is 10.5 Å². The maximum atomic E-state index is 12.1. The molecule has 1 heterocycles. The summed E-state index contributed by atoms with van der Waals surface area (Å²) in [5.74, 6) is -0.140. The predicted octanol–water partition coefficient (Wildman–Crippen LogP) is 1.68. The maximum absolute atomic E-state index is 12.1. The number of carbonyl (C=O) groups excluding carboxylic acids is 2. The Morgan fingerprint density at radius 1 is 1.18 bits per heavy atom. The molecule has 1 aromatic heterocycles. The van der Waals surface area contributed by atoms with Crippen molar-refractivity contribution >= 4 is 11.8 Å². The summed E-state index contributed by atoms with van der Waals surface area (Å²) in [5, 5.41) is 2.86. The summed E-state index contributed by atoms with van der Waals surface area (Å²) in [6, 6.07) is 10.2. The van der Waals surface area contributed by atoms with Crippen molar-refractivity contribution in [1.82, 2.24) is 10.3 Å². The molecule has 3 N–H and O–H groups in total. The minimum Gasteiger partial charge on any atom is -0.497 e. The van der Waals surface area contributed by atoms with Crippen molar-refractivity contribution in [3.8, 4) is 5.75 Å². The Labute approximate surface area is 128 Å². The number of rotatable bonds is 5. The van der Waals surface area contributed by atoms with Gasteiger partial charge in [0.25, 0.3) is 11.8 Å². The minimum absolute atomic E-state index is 0.125. The standard InChI is InChI=1S/C16H17N3O3/c1-10(11-3-6-13(22-2)7-4-11)19-16(21)12-5-8-14(15(17)20)18-9-12/h3-10H,1-2H3,(H2,17,20)(H,19,21). The Kier molecular flexibility index (Phi) is 4.73. The van der Waals surface area contributed by atoms with E-state index in [1.165, 1.54) is 18.3 Å². The number of primary amides is 1. The van der Waals surface area contributed by atoms with E-state index in [0.717, 1.165) is 11.3 Å². The number of aromatic nitrogens is 1. The van der Waals surface area contributed by atoms with E-state index in [-0.39, 0.29) is 17.6 Å². The van der Waals surface area contributed by atoms with Gasteiger partial charge >= 0.3 is 0 Å². The van der Waals surface area contributed by atoms with Gasteiger partial charge in [-0.25, -0.2) is 0 Å². The number of hydrogen-bond acceptors (Lipinski definition) is 4. The number of benzene rings is 1. The lowest BCUT2D eigenvalue weighted by molar-refractivity contribution is 0.0936. The van der Waals surface area contributed by atoms with Crippen LogP contribution in [0.5, 0.6) is 5.75 Å². The number of carbonyl (C=O) groups is 2. The Morgan fingerprint density at radius 3 is 2.36 bits per heavy atom. The van der Waals surface area contributed by atoms with Gasteiger partial charge in [0.2, 0.25) is 0 Å². The van der Waals surface area contributed by atoms with Gasteiger partial charge in [0.05, 0.1) is 18.7 Å². The fraction of sp³-hybridized carbons (Fsp3) is 0.188. The first kappa shape index (κ1) is 15.5. The average Bonchev–Trinajstić information content (AvgIpc) is 2.54. The summed E-state index contributed by atoms with van der Waals surface area (Å²) < 4.78 is 5.10. The zero-order valence-corrected chi connectivity index (χ0v) is 12.4. The zero-order chi connectivity index (χ0) is 16.1. The van der Waals surface area contributed by atoms with E-state index >= 15 is 0 Å². The molecule has 2 rings (SSSR count). The van der Waals surface area contributed by atoms with Crippen molar-refractivity contribution in [2.75, 3.05) is 7.11 Å². The largest absolute Gasteiger partial charge is 0.497 e. The van der Waals surface area contributed by atoms with Crippen molar-refractivity contribution < 1.29 is 14.3 Å². The molecule has 0 radical (unpaired) electrons. The minimum atomic E-state index is -0.626. The molecule has 2 aromatic rings. The molecule has 0 spiro atoms. The predicted molar refractivity (Wildman–Crippen MR) is 81.6 cm³/mol. The summed E-state index contributed by atoms with van der Waals surface area (Å²) in [5.41, 5.74) is 6.55. The van der Waals surface area contributed by atoms with E-state index in [2.05, 4.69) is 10.3 Å². The molecule has 0 aliphatic rings. The van der Waals surface area contributed by atoms with Crippen LogP contribution in [-0.4, -0.2) is 23.9 Å². The zero-order valence-electron chi connectivity index (χ0n) is 12.4. The summed E-state index contributed by atoms with van der Waals surface area (Å²) in [6.07, 6.45) is 1.33. The van der Waals surface area contributed by atoms with Crippen LogP contribution < -0.4 is 15.8 Å². The Morgan fingerprint density at radius 2 is 1.86 bits per heavy atom. The second-order valence-electron chi connectivity index (χ2n) is 4.76. The van der Waals surface area contributed by atoms with Crippen molar-refractivity contribution in [1.29, 1.82) is 0 Å². The van der Waals surface area contributed by atoms with Crippen LogP contribution in [0, 0.1) is 0 Å². The van der Waals surface area contributed by atoms with Crippen molar-refractivity contribution in [3.63, 3.8) is 0 Å². The van der Waals surface area contributed by atoms with E-state index in [1.807, 2.05) is 31.2 Å². The van der Waals surface area contributed by atoms with Crippen molar-refractivity contribution in [2.45, 2.75) is 13.0 Å². The van der Waals surface area contributed by atoms with Gasteiger partial charge in [-0.15, -0.1) is 0 Å². The van der Waals surface area contributed by atoms with Gasteiger partial charge in [-0.2, -0.15) is 0 Å². The topological polar surface area (TPSA) is 94.3 Å². The molecule has 6 heteroatoms. The third-order valence-electron chi connectivity index (χ3n) is 3.24. The van der Waals surface area contributed by atoms with Crippen LogP contribution in [0.3, 0.4) is 0 Å². The quantitative estimate of drug-likeness (QED) is 0.878. The van der Waals surface area contributed by atoms with Crippen LogP contribution in [0.1, 0.15) is 39.4 Å². The van der Waals surface area contributed by atoms with Crippen molar-refractivity contribution in [2.24, 2.45) is 5.73 Å². The monoisotopic (exact) mass is 299 g/mol. The number of nitrogens with one attached hydrogen (secondary N) is 1. The van der Waals surface area contributed by atoms with E-state index in [0.29, 0.717) is 5.56 Å². The lowest BCUT2D eigenvalue weighted by Crippen LogP contribution is -2.27. The number of methoxy groups -OCH3 is 1. The smallest absolute Gasteiger partial charge is 0.267 e. The van der Waals surface area contributed by atoms with Gasteiger partial charge in [0.1, 0.15) is 11.4 Å². The highest BCUT2D eigenvalue weighted by molar-refractivity contribution is 5.95. The molecule has 0 saturated heterocycles. The summed E-state index contributed by atoms with van der Waals surface area (Å²) in [4.78, 5) is 26.9. The van der Waals surface area contributed by atoms with E-state index in [1.54, 1.807) is 7.11 Å². The SMILES string of the molecule is COc1ccc(C(C)NC(=O)c2ccc(C(N)=O)nc2)cc1. The number of ether oxygens (including phenoxy) is 1. The third kappa shape index (κ3) is 3.60. The molecule has 0 aliphatic carbocycles. The lowest BCUT2D eigenvalue weighted by atomic mass is 10.1. The fourth-order valence-corrected chi connectivity index (χ4v) is 1.93. The number of nitrogens with zero attached hydrogens (tertiary/aromatic N) is 1. The van der Waals surface area contributed by atoms with Crippen LogP contribution in [0.4, 0.5) is 0 Å². The first-order valence-electron chi connectivity index (χ1n) is 6.72. The van der Waals surface area contributed by atoms with Gasteiger partial charge < -0.3 is 15.8 Å². The van der Waals surface area contributed by atoms with E-state index < -0.39 is 5.91 Å². The molecule has 2 amide bonds. The number of amides is 2. The molecule has 1 unspecified atom stereocenters. The lowest BCUT2D eigenvalue weighted by Gasteiger charge is -2.14. The fourth-order valence-electron chi connectivity index (χ4n) is 1.93. The van der Waals surface area contributed by atoms with E-state index in [9.17, 15) is 9.59 Å². The Bertz CT molecular complexity index is 666. The highest BCUT2D eigenvalue weighted by atomic mass is 16.5. The first-order valence-corrected chi connectivity index (χ1v) is 6.72. The van der Waals surface area contributed by atoms with Crippen LogP contribution in [-0.2, 0) is 0 Å². The van der Waals surface area contributed by atoms with Gasteiger partial charge in [-0.05, 0) is 36.8 Å². The van der Waals surface area contributed by atoms with Crippen LogP contribution >= 0.6 is 0 Å². The number of hydrogen-bond donors (Lipinski definition) is 2. The number of nitrogens with two attached hydrogens (primary N) is 1. The van der Waals surface area contributed by atoms with Crippen molar-refractivity contribution in [3.05, 3.63) is 59.4 Å². The van der Waals surface area contributed by atoms with Crippen LogP contribution in [0.25, 0.3) is 0 Å². The molecule has 1 aromatic carbocycles. The molecule has 0 aliphatic heterocycles. The van der Waals surface area contributed by atoms with Crippen LogP contribution in [0.15, 0.2) is 42.6 Å². The highest BCUT2D eigenvalue weighted by Gasteiger charge is 2.12. The molecule has 114 valence electrons. The van der Waals surface area contributed by atoms with Gasteiger partial charge in [-0.3, -0.25) is 14.6 Å². The Hall–Kier alpha value is -2.89. The van der Waals surface area contributed by atoms with Gasteiger partial charge in [-0.1, -0.05) is 12.1 Å². The number of pyridine rings is 1.